The second-order valence-corrected chi connectivity index (χ2v) is 10.9. The van der Waals surface area contributed by atoms with Crippen LogP contribution in [0.1, 0.15) is 37.3 Å². The van der Waals surface area contributed by atoms with Crippen LogP contribution in [0.15, 0.2) is 48.7 Å². The van der Waals surface area contributed by atoms with Crippen LogP contribution in [0.25, 0.3) is 10.9 Å². The molecule has 0 amide bonds. The molecule has 1 aromatic heterocycles. The minimum Gasteiger partial charge on any atom is -0.361 e. The topological polar surface area (TPSA) is 59.6 Å². The molecule has 1 unspecified atom stereocenters. The number of rotatable bonds is 5. The van der Waals surface area contributed by atoms with Crippen LogP contribution in [0.2, 0.25) is 0 Å². The predicted octanol–water partition coefficient (Wildman–Crippen LogP) is 4.07. The molecule has 2 aliphatic heterocycles. The van der Waals surface area contributed by atoms with Gasteiger partial charge < -0.3 is 9.88 Å². The molecule has 3 heterocycles. The molecule has 1 N–H and O–H groups in total. The van der Waals surface area contributed by atoms with Gasteiger partial charge in [-0.05, 0) is 68.1 Å². The van der Waals surface area contributed by atoms with Crippen LogP contribution in [-0.4, -0.2) is 54.8 Å². The number of benzene rings is 2. The summed E-state index contributed by atoms with van der Waals surface area (Å²) in [6.07, 6.45) is 3.00. The van der Waals surface area contributed by atoms with E-state index in [1.807, 2.05) is 50.4 Å². The van der Waals surface area contributed by atoms with E-state index in [1.54, 1.807) is 8.61 Å². The maximum atomic E-state index is 13.5. The van der Waals surface area contributed by atoms with Crippen molar-refractivity contribution >= 4 is 26.8 Å². The zero-order valence-corrected chi connectivity index (χ0v) is 19.3. The molecular weight excluding hydrogens is 427 g/mol. The Morgan fingerprint density at radius 3 is 2.78 bits per heavy atom. The maximum Gasteiger partial charge on any atom is 0.304 e. The average molecular weight is 457 g/mol. The van der Waals surface area contributed by atoms with Crippen LogP contribution in [0.5, 0.6) is 0 Å². The number of anilines is 1. The SMILES string of the molecule is CC(C)N1Cc2ccccc2N(CCN2CCC(c3c[nH]c4cc(F)ccc34)C2)S1(=O)=O. The number of aromatic amines is 1. The van der Waals surface area contributed by atoms with Gasteiger partial charge >= 0.3 is 10.2 Å². The summed E-state index contributed by atoms with van der Waals surface area (Å²) in [5.74, 6) is 0.115. The number of likely N-dealkylation sites (tertiary alicyclic amines) is 1. The number of nitrogens with one attached hydrogen (secondary N) is 1. The average Bonchev–Trinajstić information content (AvgIpc) is 3.38. The van der Waals surface area contributed by atoms with E-state index in [1.165, 1.54) is 17.7 Å². The van der Waals surface area contributed by atoms with Crippen molar-refractivity contribution in [1.29, 1.82) is 0 Å². The molecular formula is C24H29FN4O2S. The van der Waals surface area contributed by atoms with Crippen molar-refractivity contribution in [2.75, 3.05) is 30.5 Å². The maximum absolute atomic E-state index is 13.5. The Kier molecular flexibility index (Phi) is 5.47. The summed E-state index contributed by atoms with van der Waals surface area (Å²) in [5, 5.41) is 1.07. The summed E-state index contributed by atoms with van der Waals surface area (Å²) in [5.41, 5.74) is 3.87. The highest BCUT2D eigenvalue weighted by molar-refractivity contribution is 7.90. The van der Waals surface area contributed by atoms with Crippen molar-refractivity contribution in [2.45, 2.75) is 38.8 Å². The molecule has 170 valence electrons. The minimum atomic E-state index is -3.56. The third kappa shape index (κ3) is 3.70. The Hall–Kier alpha value is -2.42. The molecule has 1 atom stereocenters. The summed E-state index contributed by atoms with van der Waals surface area (Å²) in [4.78, 5) is 5.52. The molecule has 8 heteroatoms. The third-order valence-corrected chi connectivity index (χ3v) is 8.82. The Bertz CT molecular complexity index is 1240. The van der Waals surface area contributed by atoms with Crippen LogP contribution < -0.4 is 4.31 Å². The molecule has 32 heavy (non-hydrogen) atoms. The van der Waals surface area contributed by atoms with E-state index in [9.17, 15) is 12.8 Å². The molecule has 0 aliphatic carbocycles. The molecule has 1 saturated heterocycles. The smallest absolute Gasteiger partial charge is 0.304 e. The number of halogens is 1. The van der Waals surface area contributed by atoms with E-state index in [0.29, 0.717) is 25.6 Å². The summed E-state index contributed by atoms with van der Waals surface area (Å²) in [7, 11) is -3.56. The van der Waals surface area contributed by atoms with E-state index in [0.717, 1.165) is 41.7 Å². The van der Waals surface area contributed by atoms with Crippen LogP contribution in [0.3, 0.4) is 0 Å². The first-order chi connectivity index (χ1) is 15.3. The monoisotopic (exact) mass is 456 g/mol. The molecule has 3 aromatic rings. The van der Waals surface area contributed by atoms with Crippen LogP contribution in [0, 0.1) is 5.82 Å². The summed E-state index contributed by atoms with van der Waals surface area (Å²) in [6.45, 7) is 7.14. The lowest BCUT2D eigenvalue weighted by atomic mass is 9.98. The highest BCUT2D eigenvalue weighted by Gasteiger charge is 2.38. The van der Waals surface area contributed by atoms with Gasteiger partial charge in [-0.1, -0.05) is 18.2 Å². The molecule has 5 rings (SSSR count). The van der Waals surface area contributed by atoms with Gasteiger partial charge in [-0.2, -0.15) is 12.7 Å². The molecule has 2 aliphatic rings. The van der Waals surface area contributed by atoms with Gasteiger partial charge in [0.15, 0.2) is 0 Å². The zero-order valence-electron chi connectivity index (χ0n) is 18.5. The lowest BCUT2D eigenvalue weighted by Crippen LogP contribution is -2.51. The van der Waals surface area contributed by atoms with Crippen molar-refractivity contribution in [3.05, 3.63) is 65.6 Å². The number of hydrogen-bond donors (Lipinski definition) is 1. The van der Waals surface area contributed by atoms with E-state index >= 15 is 0 Å². The normalized spacial score (nSPS) is 21.5. The van der Waals surface area contributed by atoms with Crippen molar-refractivity contribution in [3.63, 3.8) is 0 Å². The summed E-state index contributed by atoms with van der Waals surface area (Å²) < 4.78 is 43.4. The van der Waals surface area contributed by atoms with Gasteiger partial charge in [0.2, 0.25) is 0 Å². The summed E-state index contributed by atoms with van der Waals surface area (Å²) >= 11 is 0. The first-order valence-corrected chi connectivity index (χ1v) is 12.6. The minimum absolute atomic E-state index is 0.0984. The molecule has 0 bridgehead atoms. The molecule has 0 saturated carbocycles. The molecule has 2 aromatic carbocycles. The Morgan fingerprint density at radius 2 is 1.97 bits per heavy atom. The lowest BCUT2D eigenvalue weighted by molar-refractivity contribution is 0.326. The van der Waals surface area contributed by atoms with Gasteiger partial charge in [-0.3, -0.25) is 4.31 Å². The van der Waals surface area contributed by atoms with Crippen molar-refractivity contribution in [1.82, 2.24) is 14.2 Å². The molecule has 0 spiro atoms. The highest BCUT2D eigenvalue weighted by Crippen LogP contribution is 2.35. The number of fused-ring (bicyclic) bond motifs is 2. The van der Waals surface area contributed by atoms with E-state index in [4.69, 9.17) is 0 Å². The van der Waals surface area contributed by atoms with Crippen molar-refractivity contribution in [2.24, 2.45) is 0 Å². The number of para-hydroxylation sites is 1. The van der Waals surface area contributed by atoms with Crippen molar-refractivity contribution in [3.8, 4) is 0 Å². The van der Waals surface area contributed by atoms with E-state index in [2.05, 4.69) is 9.88 Å². The molecule has 1 fully saturated rings. The largest absolute Gasteiger partial charge is 0.361 e. The van der Waals surface area contributed by atoms with Crippen LogP contribution in [-0.2, 0) is 16.8 Å². The number of nitrogens with zero attached hydrogens (tertiary/aromatic N) is 3. The Balaban J connectivity index is 1.32. The fourth-order valence-electron chi connectivity index (χ4n) is 5.05. The fourth-order valence-corrected chi connectivity index (χ4v) is 6.88. The second-order valence-electron chi connectivity index (χ2n) is 9.07. The first-order valence-electron chi connectivity index (χ1n) is 11.2. The first kappa shape index (κ1) is 21.4. The van der Waals surface area contributed by atoms with Gasteiger partial charge in [-0.15, -0.1) is 0 Å². The van der Waals surface area contributed by atoms with Gasteiger partial charge in [0.25, 0.3) is 0 Å². The summed E-state index contributed by atoms with van der Waals surface area (Å²) in [6, 6.07) is 12.6. The number of aromatic nitrogens is 1. The van der Waals surface area contributed by atoms with Gasteiger partial charge in [-0.25, -0.2) is 4.39 Å². The quantitative estimate of drug-likeness (QED) is 0.630. The van der Waals surface area contributed by atoms with Gasteiger partial charge in [0.1, 0.15) is 5.82 Å². The van der Waals surface area contributed by atoms with E-state index < -0.39 is 10.2 Å². The number of H-pyrrole nitrogens is 1. The Labute approximate surface area is 188 Å². The third-order valence-electron chi connectivity index (χ3n) is 6.74. The second kappa shape index (κ2) is 8.17. The molecule has 0 radical (unpaired) electrons. The molecule has 6 nitrogen and oxygen atoms in total. The lowest BCUT2D eigenvalue weighted by Gasteiger charge is -2.39. The van der Waals surface area contributed by atoms with Crippen LogP contribution in [0.4, 0.5) is 10.1 Å². The van der Waals surface area contributed by atoms with Crippen LogP contribution >= 0.6 is 0 Å². The van der Waals surface area contributed by atoms with Gasteiger partial charge in [0, 0.05) is 49.3 Å². The number of hydrogen-bond acceptors (Lipinski definition) is 3. The zero-order chi connectivity index (χ0) is 22.5. The standard InChI is InChI=1S/C24H29FN4O2S/c1-17(2)29-16-19-5-3-4-6-24(19)28(32(29,30)31)12-11-27-10-9-18(15-27)22-14-26-23-13-20(25)7-8-21(22)23/h3-8,13-14,17-18,26H,9-12,15-16H2,1-2H3. The van der Waals surface area contributed by atoms with Gasteiger partial charge in [0.05, 0.1) is 5.69 Å². The predicted molar refractivity (Wildman–Crippen MR) is 125 cm³/mol. The fraction of sp³-hybridized carbons (Fsp3) is 0.417. The Morgan fingerprint density at radius 1 is 1.16 bits per heavy atom. The van der Waals surface area contributed by atoms with E-state index in [-0.39, 0.29) is 11.9 Å². The van der Waals surface area contributed by atoms with Crippen molar-refractivity contribution < 1.29 is 12.8 Å². The highest BCUT2D eigenvalue weighted by atomic mass is 32.2.